The number of carbonyl (C=O) groups is 2. The molecule has 0 aliphatic rings. The molecule has 1 heterocycles. The lowest BCUT2D eigenvalue weighted by atomic mass is 10.1. The number of esters is 1. The molecule has 2 aromatic carbocycles. The van der Waals surface area contributed by atoms with E-state index in [1.165, 1.54) is 35.0 Å². The second kappa shape index (κ2) is 7.41. The number of hydrogen-bond donors (Lipinski definition) is 1. The Kier molecular flexibility index (Phi) is 5.03. The molecule has 3 rings (SSSR count). The molecule has 1 amide bonds. The van der Waals surface area contributed by atoms with Crippen molar-refractivity contribution in [2.24, 2.45) is 7.05 Å². The van der Waals surface area contributed by atoms with Gasteiger partial charge in [0.05, 0.1) is 17.7 Å². The number of amides is 1. The van der Waals surface area contributed by atoms with Gasteiger partial charge < -0.3 is 14.6 Å². The summed E-state index contributed by atoms with van der Waals surface area (Å²) in [6.07, 6.45) is 1.29. The second-order valence-electron chi connectivity index (χ2n) is 5.87. The fraction of sp³-hybridized carbons (Fsp3) is 0.150. The summed E-state index contributed by atoms with van der Waals surface area (Å²) < 4.78 is 20.3. The molecular formula is C20H17FN2O4. The first-order valence-corrected chi connectivity index (χ1v) is 8.28. The summed E-state index contributed by atoms with van der Waals surface area (Å²) >= 11 is 0. The fourth-order valence-electron chi connectivity index (χ4n) is 2.82. The van der Waals surface area contributed by atoms with Crippen molar-refractivity contribution < 1.29 is 18.7 Å². The zero-order valence-corrected chi connectivity index (χ0v) is 14.8. The van der Waals surface area contributed by atoms with E-state index in [1.54, 1.807) is 32.2 Å². The molecule has 1 aromatic heterocycles. The van der Waals surface area contributed by atoms with E-state index in [0.29, 0.717) is 5.69 Å². The highest BCUT2D eigenvalue weighted by Gasteiger charge is 2.17. The summed E-state index contributed by atoms with van der Waals surface area (Å²) in [5.74, 6) is -1.70. The number of aromatic nitrogens is 1. The summed E-state index contributed by atoms with van der Waals surface area (Å²) in [6, 6.07) is 10.3. The van der Waals surface area contributed by atoms with Crippen molar-refractivity contribution >= 4 is 28.5 Å². The number of ether oxygens (including phenoxy) is 1. The first-order chi connectivity index (χ1) is 12.9. The minimum Gasteiger partial charge on any atom is -0.462 e. The number of pyridine rings is 1. The lowest BCUT2D eigenvalue weighted by Gasteiger charge is -2.11. The van der Waals surface area contributed by atoms with Crippen LogP contribution >= 0.6 is 0 Å². The van der Waals surface area contributed by atoms with Crippen LogP contribution in [0.1, 0.15) is 27.6 Å². The summed E-state index contributed by atoms with van der Waals surface area (Å²) in [4.78, 5) is 37.0. The van der Waals surface area contributed by atoms with Crippen LogP contribution in [0.2, 0.25) is 0 Å². The predicted octanol–water partition coefficient (Wildman–Crippen LogP) is 3.11. The van der Waals surface area contributed by atoms with Gasteiger partial charge in [-0.25, -0.2) is 9.18 Å². The predicted molar refractivity (Wildman–Crippen MR) is 99.5 cm³/mol. The first kappa shape index (κ1) is 18.3. The summed E-state index contributed by atoms with van der Waals surface area (Å²) in [5, 5.41) is 2.71. The molecule has 27 heavy (non-hydrogen) atoms. The van der Waals surface area contributed by atoms with Crippen LogP contribution in [0.4, 0.5) is 10.1 Å². The van der Waals surface area contributed by atoms with Gasteiger partial charge in [0.25, 0.3) is 5.91 Å². The number of benzene rings is 2. The zero-order valence-electron chi connectivity index (χ0n) is 14.8. The topological polar surface area (TPSA) is 77.4 Å². The van der Waals surface area contributed by atoms with E-state index < -0.39 is 23.1 Å². The largest absolute Gasteiger partial charge is 0.462 e. The van der Waals surface area contributed by atoms with E-state index in [9.17, 15) is 18.8 Å². The van der Waals surface area contributed by atoms with Crippen LogP contribution in [-0.4, -0.2) is 23.1 Å². The Morgan fingerprint density at radius 2 is 1.93 bits per heavy atom. The molecule has 6 nitrogen and oxygen atoms in total. The average Bonchev–Trinajstić information content (AvgIpc) is 2.65. The smallest absolute Gasteiger partial charge is 0.338 e. The highest BCUT2D eigenvalue weighted by Crippen LogP contribution is 2.16. The van der Waals surface area contributed by atoms with Crippen LogP contribution in [0.15, 0.2) is 53.5 Å². The number of rotatable bonds is 4. The Hall–Kier alpha value is -3.48. The van der Waals surface area contributed by atoms with Gasteiger partial charge in [0, 0.05) is 24.3 Å². The van der Waals surface area contributed by atoms with Crippen LogP contribution < -0.4 is 10.7 Å². The van der Waals surface area contributed by atoms with Gasteiger partial charge in [-0.1, -0.05) is 12.1 Å². The Morgan fingerprint density at radius 1 is 1.19 bits per heavy atom. The van der Waals surface area contributed by atoms with Crippen LogP contribution in [0.3, 0.4) is 0 Å². The quantitative estimate of drug-likeness (QED) is 0.718. The Labute approximate surface area is 154 Å². The van der Waals surface area contributed by atoms with Crippen LogP contribution in [-0.2, 0) is 11.8 Å². The highest BCUT2D eigenvalue weighted by molar-refractivity contribution is 6.06. The van der Waals surface area contributed by atoms with Gasteiger partial charge >= 0.3 is 5.97 Å². The molecule has 0 spiro atoms. The van der Waals surface area contributed by atoms with Crippen molar-refractivity contribution in [1.82, 2.24) is 4.57 Å². The molecule has 0 aliphatic carbocycles. The van der Waals surface area contributed by atoms with E-state index in [-0.39, 0.29) is 28.6 Å². The standard InChI is InChI=1S/C20H17FN2O4/c1-3-27-20(26)12-6-4-7-13(10-12)22-19(25)15-11-23(2)17-14(18(15)24)8-5-9-16(17)21/h4-11H,3H2,1-2H3,(H,22,25). The highest BCUT2D eigenvalue weighted by atomic mass is 19.1. The fourth-order valence-corrected chi connectivity index (χ4v) is 2.82. The van der Waals surface area contributed by atoms with E-state index in [1.807, 2.05) is 0 Å². The number of hydrogen-bond acceptors (Lipinski definition) is 4. The molecule has 0 aliphatic heterocycles. The van der Waals surface area contributed by atoms with Gasteiger partial charge in [-0.15, -0.1) is 0 Å². The van der Waals surface area contributed by atoms with Crippen molar-refractivity contribution in [3.63, 3.8) is 0 Å². The van der Waals surface area contributed by atoms with E-state index >= 15 is 0 Å². The molecular weight excluding hydrogens is 351 g/mol. The number of nitrogens with one attached hydrogen (secondary N) is 1. The minimum atomic E-state index is -0.650. The summed E-state index contributed by atoms with van der Waals surface area (Å²) in [7, 11) is 1.56. The zero-order chi connectivity index (χ0) is 19.6. The van der Waals surface area contributed by atoms with Gasteiger partial charge in [-0.05, 0) is 37.3 Å². The van der Waals surface area contributed by atoms with Crippen LogP contribution in [0.25, 0.3) is 10.9 Å². The first-order valence-electron chi connectivity index (χ1n) is 8.28. The molecule has 3 aromatic rings. The Bertz CT molecular complexity index is 1100. The molecule has 0 fully saturated rings. The van der Waals surface area contributed by atoms with E-state index in [4.69, 9.17) is 4.74 Å². The monoisotopic (exact) mass is 368 g/mol. The van der Waals surface area contributed by atoms with Gasteiger partial charge in [-0.2, -0.15) is 0 Å². The number of carbonyl (C=O) groups excluding carboxylic acids is 2. The molecule has 0 radical (unpaired) electrons. The van der Waals surface area contributed by atoms with Gasteiger partial charge in [0.1, 0.15) is 11.4 Å². The lowest BCUT2D eigenvalue weighted by molar-refractivity contribution is 0.0526. The van der Waals surface area contributed by atoms with Gasteiger partial charge in [-0.3, -0.25) is 9.59 Å². The minimum absolute atomic E-state index is 0.116. The molecule has 138 valence electrons. The molecule has 0 unspecified atom stereocenters. The van der Waals surface area contributed by atoms with Crippen LogP contribution in [0, 0.1) is 5.82 Å². The van der Waals surface area contributed by atoms with Crippen molar-refractivity contribution in [3.8, 4) is 0 Å². The molecule has 0 bridgehead atoms. The Morgan fingerprint density at radius 3 is 2.67 bits per heavy atom. The normalized spacial score (nSPS) is 10.6. The third kappa shape index (κ3) is 3.57. The number of nitrogens with zero attached hydrogens (tertiary/aromatic N) is 1. The number of fused-ring (bicyclic) bond motifs is 1. The van der Waals surface area contributed by atoms with E-state index in [0.717, 1.165) is 0 Å². The number of para-hydroxylation sites is 1. The molecule has 0 saturated heterocycles. The van der Waals surface area contributed by atoms with Crippen molar-refractivity contribution in [1.29, 1.82) is 0 Å². The third-order valence-electron chi connectivity index (χ3n) is 4.03. The number of aryl methyl sites for hydroxylation is 1. The van der Waals surface area contributed by atoms with E-state index in [2.05, 4.69) is 5.32 Å². The molecule has 0 atom stereocenters. The average molecular weight is 368 g/mol. The van der Waals surface area contributed by atoms with Gasteiger partial charge in [0.15, 0.2) is 0 Å². The van der Waals surface area contributed by atoms with Crippen molar-refractivity contribution in [3.05, 3.63) is 75.8 Å². The van der Waals surface area contributed by atoms with Crippen molar-refractivity contribution in [2.75, 3.05) is 11.9 Å². The summed E-state index contributed by atoms with van der Waals surface area (Å²) in [5.41, 5.74) is 0.0530. The number of anilines is 1. The molecule has 7 heteroatoms. The second-order valence-corrected chi connectivity index (χ2v) is 5.87. The maximum atomic E-state index is 14.0. The third-order valence-corrected chi connectivity index (χ3v) is 4.03. The maximum Gasteiger partial charge on any atom is 0.338 e. The Balaban J connectivity index is 1.96. The summed E-state index contributed by atoms with van der Waals surface area (Å²) in [6.45, 7) is 1.93. The SMILES string of the molecule is CCOC(=O)c1cccc(NC(=O)c2cn(C)c3c(F)cccc3c2=O)c1. The molecule has 1 N–H and O–H groups in total. The lowest BCUT2D eigenvalue weighted by Crippen LogP contribution is -2.23. The maximum absolute atomic E-state index is 14.0. The number of halogens is 1. The van der Waals surface area contributed by atoms with Crippen LogP contribution in [0.5, 0.6) is 0 Å². The molecule has 0 saturated carbocycles. The van der Waals surface area contributed by atoms with Gasteiger partial charge in [0.2, 0.25) is 5.43 Å². The van der Waals surface area contributed by atoms with Crippen molar-refractivity contribution in [2.45, 2.75) is 6.92 Å².